The molecule has 0 saturated carbocycles. The number of rotatable bonds is 5. The van der Waals surface area contributed by atoms with Crippen LogP contribution in [0.5, 0.6) is 11.5 Å². The maximum atomic E-state index is 12.7. The standard InChI is InChI=1S/C24H31F3N2O2.ClH/c1-23(2,3)19-10-11-21(30-4)18(14-19)13-16-8-6-12-29(28)22(16)17-7-5-9-20(15-17)31-24(25,26)27;/h5,7,9-11,14-16,22H,6,8,12-13,28H2,1-4H3;1H. The number of hydrogen-bond acceptors (Lipinski definition) is 4. The third kappa shape index (κ3) is 6.53. The van der Waals surface area contributed by atoms with Crippen LogP contribution in [0.15, 0.2) is 42.5 Å². The molecule has 1 aliphatic rings. The Bertz CT molecular complexity index is 900. The average molecular weight is 473 g/mol. The molecule has 2 atom stereocenters. The van der Waals surface area contributed by atoms with E-state index in [9.17, 15) is 13.2 Å². The largest absolute Gasteiger partial charge is 0.573 e. The first-order chi connectivity index (χ1) is 14.5. The summed E-state index contributed by atoms with van der Waals surface area (Å²) in [5.41, 5.74) is 3.01. The van der Waals surface area contributed by atoms with Gasteiger partial charge in [0.1, 0.15) is 11.5 Å². The van der Waals surface area contributed by atoms with E-state index in [4.69, 9.17) is 10.6 Å². The lowest BCUT2D eigenvalue weighted by Crippen LogP contribution is -2.44. The van der Waals surface area contributed by atoms with Crippen molar-refractivity contribution in [1.29, 1.82) is 0 Å². The predicted octanol–water partition coefficient (Wildman–Crippen LogP) is 6.18. The average Bonchev–Trinajstić information content (AvgIpc) is 2.66. The number of alkyl halides is 3. The van der Waals surface area contributed by atoms with Gasteiger partial charge in [-0.1, -0.05) is 45.0 Å². The number of halogens is 4. The Morgan fingerprint density at radius 2 is 1.81 bits per heavy atom. The molecule has 1 fully saturated rings. The molecule has 8 heteroatoms. The summed E-state index contributed by atoms with van der Waals surface area (Å²) in [6, 6.07) is 12.2. The molecule has 0 aromatic heterocycles. The molecule has 0 radical (unpaired) electrons. The molecule has 0 aliphatic carbocycles. The fourth-order valence-corrected chi connectivity index (χ4v) is 4.36. The van der Waals surface area contributed by atoms with Crippen molar-refractivity contribution in [3.63, 3.8) is 0 Å². The van der Waals surface area contributed by atoms with E-state index in [1.165, 1.54) is 17.7 Å². The predicted molar refractivity (Wildman–Crippen MR) is 122 cm³/mol. The lowest BCUT2D eigenvalue weighted by atomic mass is 9.79. The Kier molecular flexibility index (Phi) is 8.48. The fourth-order valence-electron chi connectivity index (χ4n) is 4.36. The quantitative estimate of drug-likeness (QED) is 0.527. The molecule has 32 heavy (non-hydrogen) atoms. The molecule has 0 bridgehead atoms. The minimum Gasteiger partial charge on any atom is -0.496 e. The second-order valence-corrected chi connectivity index (χ2v) is 9.19. The molecule has 0 spiro atoms. The van der Waals surface area contributed by atoms with E-state index in [1.807, 2.05) is 12.1 Å². The summed E-state index contributed by atoms with van der Waals surface area (Å²) in [7, 11) is 1.65. The summed E-state index contributed by atoms with van der Waals surface area (Å²) >= 11 is 0. The van der Waals surface area contributed by atoms with Gasteiger partial charge in [0.2, 0.25) is 0 Å². The first kappa shape index (κ1) is 26.3. The maximum absolute atomic E-state index is 12.7. The van der Waals surface area contributed by atoms with Gasteiger partial charge in [0, 0.05) is 6.54 Å². The summed E-state index contributed by atoms with van der Waals surface area (Å²) in [6.07, 6.45) is -2.16. The molecule has 3 rings (SSSR count). The highest BCUT2D eigenvalue weighted by atomic mass is 35.5. The number of methoxy groups -OCH3 is 1. The Morgan fingerprint density at radius 1 is 1.09 bits per heavy atom. The van der Waals surface area contributed by atoms with Crippen molar-refractivity contribution in [2.24, 2.45) is 11.8 Å². The van der Waals surface area contributed by atoms with Gasteiger partial charge in [-0.15, -0.1) is 25.6 Å². The van der Waals surface area contributed by atoms with Crippen molar-refractivity contribution in [2.45, 2.75) is 57.9 Å². The molecule has 1 aliphatic heterocycles. The zero-order valence-electron chi connectivity index (χ0n) is 18.9. The van der Waals surface area contributed by atoms with E-state index < -0.39 is 6.36 Å². The molecule has 0 amide bonds. The monoisotopic (exact) mass is 472 g/mol. The van der Waals surface area contributed by atoms with Gasteiger partial charge in [0.05, 0.1) is 13.2 Å². The third-order valence-corrected chi connectivity index (χ3v) is 5.86. The summed E-state index contributed by atoms with van der Waals surface area (Å²) < 4.78 is 47.8. The molecule has 2 unspecified atom stereocenters. The van der Waals surface area contributed by atoms with Crippen LogP contribution < -0.4 is 15.3 Å². The van der Waals surface area contributed by atoms with E-state index in [1.54, 1.807) is 18.2 Å². The summed E-state index contributed by atoms with van der Waals surface area (Å²) in [4.78, 5) is 0. The van der Waals surface area contributed by atoms with Gasteiger partial charge in [0.25, 0.3) is 0 Å². The van der Waals surface area contributed by atoms with Crippen LogP contribution in [0.25, 0.3) is 0 Å². The lowest BCUT2D eigenvalue weighted by molar-refractivity contribution is -0.274. The van der Waals surface area contributed by atoms with E-state index in [0.717, 1.165) is 36.1 Å². The highest BCUT2D eigenvalue weighted by molar-refractivity contribution is 5.85. The maximum Gasteiger partial charge on any atom is 0.573 e. The van der Waals surface area contributed by atoms with Gasteiger partial charge in [-0.25, -0.2) is 5.01 Å². The third-order valence-electron chi connectivity index (χ3n) is 5.86. The summed E-state index contributed by atoms with van der Waals surface area (Å²) in [5.74, 6) is 7.06. The minimum absolute atomic E-state index is 0. The molecule has 178 valence electrons. The van der Waals surface area contributed by atoms with E-state index in [0.29, 0.717) is 6.54 Å². The zero-order valence-corrected chi connectivity index (χ0v) is 19.7. The lowest BCUT2D eigenvalue weighted by Gasteiger charge is -2.39. The molecule has 2 aromatic carbocycles. The molecular formula is C24H32ClF3N2O2. The molecule has 1 heterocycles. The Labute approximate surface area is 194 Å². The summed E-state index contributed by atoms with van der Waals surface area (Å²) in [6.45, 7) is 7.17. The van der Waals surface area contributed by atoms with Crippen LogP contribution in [0.3, 0.4) is 0 Å². The van der Waals surface area contributed by atoms with Crippen LogP contribution in [0.4, 0.5) is 13.2 Å². The minimum atomic E-state index is -4.73. The number of hydrogen-bond donors (Lipinski definition) is 1. The second kappa shape index (κ2) is 10.3. The van der Waals surface area contributed by atoms with Gasteiger partial charge >= 0.3 is 6.36 Å². The number of nitrogens with zero attached hydrogens (tertiary/aromatic N) is 1. The Balaban J connectivity index is 0.00000363. The highest BCUT2D eigenvalue weighted by Gasteiger charge is 2.34. The normalized spacial score (nSPS) is 19.9. The van der Waals surface area contributed by atoms with E-state index in [-0.39, 0.29) is 35.5 Å². The Morgan fingerprint density at radius 3 is 2.44 bits per heavy atom. The van der Waals surface area contributed by atoms with Crippen LogP contribution in [-0.4, -0.2) is 25.0 Å². The van der Waals surface area contributed by atoms with Crippen LogP contribution in [0, 0.1) is 5.92 Å². The Hall–Kier alpha value is -1.96. The molecule has 2 N–H and O–H groups in total. The van der Waals surface area contributed by atoms with Crippen molar-refractivity contribution in [1.82, 2.24) is 5.01 Å². The number of ether oxygens (including phenoxy) is 2. The van der Waals surface area contributed by atoms with Gasteiger partial charge in [-0.05, 0) is 65.5 Å². The van der Waals surface area contributed by atoms with Crippen molar-refractivity contribution in [2.75, 3.05) is 13.7 Å². The van der Waals surface area contributed by atoms with Crippen molar-refractivity contribution < 1.29 is 22.6 Å². The van der Waals surface area contributed by atoms with Crippen molar-refractivity contribution in [3.05, 3.63) is 59.2 Å². The van der Waals surface area contributed by atoms with Crippen molar-refractivity contribution in [3.8, 4) is 11.5 Å². The second-order valence-electron chi connectivity index (χ2n) is 9.19. The van der Waals surface area contributed by atoms with Crippen LogP contribution in [0.1, 0.15) is 56.3 Å². The SMILES string of the molecule is COc1ccc(C(C)(C)C)cc1CC1CCCN(N)C1c1cccc(OC(F)(F)F)c1.Cl. The number of nitrogens with two attached hydrogens (primary N) is 1. The molecular weight excluding hydrogens is 441 g/mol. The van der Waals surface area contributed by atoms with Crippen LogP contribution in [-0.2, 0) is 11.8 Å². The highest BCUT2D eigenvalue weighted by Crippen LogP contribution is 2.40. The number of benzene rings is 2. The number of hydrazine groups is 1. The molecule has 1 saturated heterocycles. The first-order valence-electron chi connectivity index (χ1n) is 10.5. The smallest absolute Gasteiger partial charge is 0.496 e. The van der Waals surface area contributed by atoms with E-state index >= 15 is 0 Å². The first-order valence-corrected chi connectivity index (χ1v) is 10.5. The molecule has 4 nitrogen and oxygen atoms in total. The van der Waals surface area contributed by atoms with Gasteiger partial charge in [-0.3, -0.25) is 5.84 Å². The van der Waals surface area contributed by atoms with Crippen molar-refractivity contribution >= 4 is 12.4 Å². The van der Waals surface area contributed by atoms with E-state index in [2.05, 4.69) is 37.6 Å². The van der Waals surface area contributed by atoms with Gasteiger partial charge < -0.3 is 9.47 Å². The molecule has 2 aromatic rings. The fraction of sp³-hybridized carbons (Fsp3) is 0.500. The zero-order chi connectivity index (χ0) is 22.8. The van der Waals surface area contributed by atoms with Gasteiger partial charge in [-0.2, -0.15) is 0 Å². The van der Waals surface area contributed by atoms with Crippen LogP contribution >= 0.6 is 12.4 Å². The topological polar surface area (TPSA) is 47.7 Å². The van der Waals surface area contributed by atoms with Crippen LogP contribution in [0.2, 0.25) is 0 Å². The summed E-state index contributed by atoms with van der Waals surface area (Å²) in [5, 5.41) is 1.74. The number of piperidine rings is 1. The van der Waals surface area contributed by atoms with Gasteiger partial charge in [0.15, 0.2) is 0 Å².